The Kier molecular flexibility index (Phi) is 4.44. The van der Waals surface area contributed by atoms with Gasteiger partial charge in [-0.2, -0.15) is 5.26 Å². The van der Waals surface area contributed by atoms with Gasteiger partial charge in [-0.3, -0.25) is 5.32 Å². The molecule has 1 aromatic rings. The first kappa shape index (κ1) is 13.9. The molecule has 2 rings (SSSR count). The van der Waals surface area contributed by atoms with Crippen molar-refractivity contribution in [3.05, 3.63) is 29.3 Å². The lowest BCUT2D eigenvalue weighted by Gasteiger charge is -2.33. The molecule has 1 aliphatic rings. The summed E-state index contributed by atoms with van der Waals surface area (Å²) in [6, 6.07) is 9.25. The Morgan fingerprint density at radius 2 is 2.21 bits per heavy atom. The van der Waals surface area contributed by atoms with E-state index >= 15 is 0 Å². The highest BCUT2D eigenvalue weighted by atomic mass is 15.2. The molecule has 102 valence electrons. The predicted octanol–water partition coefficient (Wildman–Crippen LogP) is 2.64. The average molecular weight is 257 g/mol. The van der Waals surface area contributed by atoms with Gasteiger partial charge >= 0.3 is 0 Å². The Morgan fingerprint density at radius 3 is 2.89 bits per heavy atom. The second-order valence-corrected chi connectivity index (χ2v) is 5.68. The van der Waals surface area contributed by atoms with Gasteiger partial charge in [0.15, 0.2) is 0 Å². The van der Waals surface area contributed by atoms with Crippen molar-refractivity contribution in [2.45, 2.75) is 45.7 Å². The molecule has 0 amide bonds. The van der Waals surface area contributed by atoms with Gasteiger partial charge in [0.2, 0.25) is 0 Å². The molecule has 0 radical (unpaired) electrons. The molecular formula is C16H23N3. The summed E-state index contributed by atoms with van der Waals surface area (Å²) in [6.45, 7) is 8.12. The van der Waals surface area contributed by atoms with Crippen LogP contribution in [-0.2, 0) is 6.42 Å². The largest absolute Gasteiger partial charge is 0.369 e. The third-order valence-electron chi connectivity index (χ3n) is 3.54. The molecular weight excluding hydrogens is 234 g/mol. The number of nitriles is 1. The maximum absolute atomic E-state index is 9.26. The molecule has 1 unspecified atom stereocenters. The van der Waals surface area contributed by atoms with Crippen molar-refractivity contribution in [3.63, 3.8) is 0 Å². The Bertz CT molecular complexity index is 473. The fraction of sp³-hybridized carbons (Fsp3) is 0.562. The van der Waals surface area contributed by atoms with Crippen LogP contribution in [0.3, 0.4) is 0 Å². The average Bonchev–Trinajstić information content (AvgIpc) is 2.37. The van der Waals surface area contributed by atoms with E-state index in [4.69, 9.17) is 0 Å². The molecule has 0 saturated carbocycles. The van der Waals surface area contributed by atoms with E-state index in [1.54, 1.807) is 0 Å². The Balaban J connectivity index is 2.13. The topological polar surface area (TPSA) is 39.1 Å². The maximum Gasteiger partial charge on any atom is 0.113 e. The van der Waals surface area contributed by atoms with Crippen LogP contribution in [0.25, 0.3) is 0 Å². The zero-order valence-electron chi connectivity index (χ0n) is 12.1. The number of aryl methyl sites for hydroxylation is 2. The molecule has 1 aliphatic heterocycles. The highest BCUT2D eigenvalue weighted by Crippen LogP contribution is 2.27. The van der Waals surface area contributed by atoms with Gasteiger partial charge in [-0.25, -0.2) is 0 Å². The zero-order valence-corrected chi connectivity index (χ0v) is 12.1. The van der Waals surface area contributed by atoms with Crippen molar-refractivity contribution in [1.29, 1.82) is 5.26 Å². The molecule has 1 heterocycles. The minimum Gasteiger partial charge on any atom is -0.369 e. The van der Waals surface area contributed by atoms with E-state index in [1.165, 1.54) is 23.2 Å². The van der Waals surface area contributed by atoms with E-state index < -0.39 is 0 Å². The predicted molar refractivity (Wildman–Crippen MR) is 79.4 cm³/mol. The van der Waals surface area contributed by atoms with Crippen molar-refractivity contribution >= 4 is 5.69 Å². The van der Waals surface area contributed by atoms with E-state index in [9.17, 15) is 5.26 Å². The van der Waals surface area contributed by atoms with E-state index in [-0.39, 0.29) is 6.04 Å². The van der Waals surface area contributed by atoms with E-state index in [2.05, 4.69) is 55.3 Å². The lowest BCUT2D eigenvalue weighted by molar-refractivity contribution is 0.514. The molecule has 0 bridgehead atoms. The van der Waals surface area contributed by atoms with Crippen LogP contribution in [0.4, 0.5) is 5.69 Å². The summed E-state index contributed by atoms with van der Waals surface area (Å²) in [4.78, 5) is 2.35. The summed E-state index contributed by atoms with van der Waals surface area (Å²) in [5.41, 5.74) is 4.05. The van der Waals surface area contributed by atoms with E-state index in [1.807, 2.05) is 0 Å². The van der Waals surface area contributed by atoms with Crippen LogP contribution in [0.5, 0.6) is 0 Å². The quantitative estimate of drug-likeness (QED) is 0.901. The fourth-order valence-corrected chi connectivity index (χ4v) is 2.75. The molecule has 1 N–H and O–H groups in total. The summed E-state index contributed by atoms with van der Waals surface area (Å²) in [5, 5.41) is 12.6. The highest BCUT2D eigenvalue weighted by molar-refractivity contribution is 5.57. The summed E-state index contributed by atoms with van der Waals surface area (Å²) in [7, 11) is 0. The third-order valence-corrected chi connectivity index (χ3v) is 3.54. The second kappa shape index (κ2) is 6.08. The number of hydrogen-bond acceptors (Lipinski definition) is 3. The second-order valence-electron chi connectivity index (χ2n) is 5.68. The monoisotopic (exact) mass is 257 g/mol. The van der Waals surface area contributed by atoms with Crippen molar-refractivity contribution < 1.29 is 0 Å². The number of hydrogen-bond donors (Lipinski definition) is 1. The minimum atomic E-state index is -0.104. The normalized spacial score (nSPS) is 16.1. The molecule has 0 fully saturated rings. The van der Waals surface area contributed by atoms with Crippen LogP contribution in [-0.4, -0.2) is 25.2 Å². The van der Waals surface area contributed by atoms with Crippen LogP contribution in [0.2, 0.25) is 0 Å². The maximum atomic E-state index is 9.26. The van der Waals surface area contributed by atoms with Gasteiger partial charge < -0.3 is 4.90 Å². The van der Waals surface area contributed by atoms with E-state index in [0.717, 1.165) is 19.5 Å². The molecule has 1 aromatic carbocycles. The third kappa shape index (κ3) is 3.48. The van der Waals surface area contributed by atoms with Crippen LogP contribution >= 0.6 is 0 Å². The Hall–Kier alpha value is -1.53. The van der Waals surface area contributed by atoms with Gasteiger partial charge in [0.05, 0.1) is 6.07 Å². The SMILES string of the molecule is Cc1ccc2c(c1)CCCN2CC(C#N)NC(C)C. The number of fused-ring (bicyclic) bond motifs is 1. The number of rotatable bonds is 4. The van der Waals surface area contributed by atoms with Gasteiger partial charge in [0.1, 0.15) is 6.04 Å². The van der Waals surface area contributed by atoms with E-state index in [0.29, 0.717) is 6.04 Å². The molecule has 0 spiro atoms. The molecule has 3 nitrogen and oxygen atoms in total. The van der Waals surface area contributed by atoms with Crippen molar-refractivity contribution in [2.75, 3.05) is 18.0 Å². The van der Waals surface area contributed by atoms with Gasteiger partial charge in [-0.1, -0.05) is 17.7 Å². The summed E-state index contributed by atoms with van der Waals surface area (Å²) < 4.78 is 0. The summed E-state index contributed by atoms with van der Waals surface area (Å²) in [6.07, 6.45) is 2.33. The van der Waals surface area contributed by atoms with Crippen LogP contribution < -0.4 is 10.2 Å². The lowest BCUT2D eigenvalue weighted by atomic mass is 9.99. The molecule has 3 heteroatoms. The molecule has 0 saturated heterocycles. The van der Waals surface area contributed by atoms with Gasteiger partial charge in [0, 0.05) is 24.8 Å². The minimum absolute atomic E-state index is 0.104. The van der Waals surface area contributed by atoms with Crippen molar-refractivity contribution in [3.8, 4) is 6.07 Å². The smallest absolute Gasteiger partial charge is 0.113 e. The van der Waals surface area contributed by atoms with Gasteiger partial charge in [-0.15, -0.1) is 0 Å². The summed E-state index contributed by atoms with van der Waals surface area (Å²) in [5.74, 6) is 0. The highest BCUT2D eigenvalue weighted by Gasteiger charge is 2.20. The van der Waals surface area contributed by atoms with Crippen LogP contribution in [0.1, 0.15) is 31.4 Å². The Labute approximate surface area is 116 Å². The number of nitrogens with one attached hydrogen (secondary N) is 1. The van der Waals surface area contributed by atoms with Crippen molar-refractivity contribution in [2.24, 2.45) is 0 Å². The van der Waals surface area contributed by atoms with Gasteiger partial charge in [0.25, 0.3) is 0 Å². The standard InChI is InChI=1S/C16H23N3/c1-12(2)18-15(10-17)11-19-8-4-5-14-9-13(3)6-7-16(14)19/h6-7,9,12,15,18H,4-5,8,11H2,1-3H3. The first-order chi connectivity index (χ1) is 9.10. The molecule has 19 heavy (non-hydrogen) atoms. The number of anilines is 1. The zero-order chi connectivity index (χ0) is 13.8. The number of nitrogens with zero attached hydrogens (tertiary/aromatic N) is 2. The summed E-state index contributed by atoms with van der Waals surface area (Å²) >= 11 is 0. The van der Waals surface area contributed by atoms with Crippen LogP contribution in [0.15, 0.2) is 18.2 Å². The Morgan fingerprint density at radius 1 is 1.42 bits per heavy atom. The first-order valence-corrected chi connectivity index (χ1v) is 7.10. The number of benzene rings is 1. The molecule has 0 aromatic heterocycles. The fourth-order valence-electron chi connectivity index (χ4n) is 2.75. The molecule has 0 aliphatic carbocycles. The molecule has 1 atom stereocenters. The lowest BCUT2D eigenvalue weighted by Crippen LogP contribution is -2.44. The first-order valence-electron chi connectivity index (χ1n) is 7.10. The van der Waals surface area contributed by atoms with Crippen LogP contribution in [0, 0.1) is 18.3 Å². The van der Waals surface area contributed by atoms with Crippen molar-refractivity contribution in [1.82, 2.24) is 5.32 Å². The van der Waals surface area contributed by atoms with Gasteiger partial charge in [-0.05, 0) is 45.2 Å².